The lowest BCUT2D eigenvalue weighted by Gasteiger charge is -2.05. The van der Waals surface area contributed by atoms with Gasteiger partial charge in [-0.1, -0.05) is 15.9 Å². The third kappa shape index (κ3) is 2.38. The number of hydrogen-bond donors (Lipinski definition) is 0. The van der Waals surface area contributed by atoms with Crippen molar-refractivity contribution in [3.05, 3.63) is 62.6 Å². The van der Waals surface area contributed by atoms with Crippen LogP contribution in [0.25, 0.3) is 11.1 Å². The highest BCUT2D eigenvalue weighted by atomic mass is 79.9. The highest BCUT2D eigenvalue weighted by molar-refractivity contribution is 9.10. The molecule has 0 fully saturated rings. The molecule has 0 atom stereocenters. The van der Waals surface area contributed by atoms with E-state index in [-0.39, 0.29) is 16.8 Å². The SMILES string of the molecule is O=[N+]([O-])c1cc(Br)ccc1-c1ccc(F)cc1F. The molecule has 92 valence electrons. The molecule has 0 bridgehead atoms. The van der Waals surface area contributed by atoms with Gasteiger partial charge in [-0.15, -0.1) is 0 Å². The van der Waals surface area contributed by atoms with E-state index in [1.165, 1.54) is 18.2 Å². The first-order chi connectivity index (χ1) is 8.49. The second-order valence-electron chi connectivity index (χ2n) is 3.54. The first-order valence-corrected chi connectivity index (χ1v) is 5.67. The van der Waals surface area contributed by atoms with Crippen LogP contribution in [0.3, 0.4) is 0 Å². The molecule has 0 saturated heterocycles. The van der Waals surface area contributed by atoms with Gasteiger partial charge < -0.3 is 0 Å². The minimum absolute atomic E-state index is 0.00407. The van der Waals surface area contributed by atoms with E-state index < -0.39 is 16.6 Å². The molecule has 0 unspecified atom stereocenters. The highest BCUT2D eigenvalue weighted by Gasteiger charge is 2.18. The van der Waals surface area contributed by atoms with E-state index in [1.54, 1.807) is 6.07 Å². The van der Waals surface area contributed by atoms with Gasteiger partial charge in [-0.25, -0.2) is 8.78 Å². The Bertz CT molecular complexity index is 631. The Balaban J connectivity index is 2.67. The molecule has 0 heterocycles. The van der Waals surface area contributed by atoms with Gasteiger partial charge in [0.15, 0.2) is 0 Å². The van der Waals surface area contributed by atoms with E-state index in [9.17, 15) is 18.9 Å². The fourth-order valence-corrected chi connectivity index (χ4v) is 1.94. The van der Waals surface area contributed by atoms with Gasteiger partial charge in [-0.05, 0) is 24.3 Å². The maximum absolute atomic E-state index is 13.6. The summed E-state index contributed by atoms with van der Waals surface area (Å²) in [6.45, 7) is 0. The van der Waals surface area contributed by atoms with E-state index in [0.29, 0.717) is 10.5 Å². The van der Waals surface area contributed by atoms with Crippen molar-refractivity contribution in [1.82, 2.24) is 0 Å². The molecule has 3 nitrogen and oxygen atoms in total. The summed E-state index contributed by atoms with van der Waals surface area (Å²) in [5, 5.41) is 10.9. The van der Waals surface area contributed by atoms with Crippen LogP contribution in [0.2, 0.25) is 0 Å². The Labute approximate surface area is 109 Å². The van der Waals surface area contributed by atoms with Crippen molar-refractivity contribution in [3.8, 4) is 11.1 Å². The molecular weight excluding hydrogens is 308 g/mol. The number of nitrogens with zero attached hydrogens (tertiary/aromatic N) is 1. The van der Waals surface area contributed by atoms with Crippen molar-refractivity contribution in [2.75, 3.05) is 0 Å². The minimum atomic E-state index is -0.833. The van der Waals surface area contributed by atoms with Gasteiger partial charge in [0, 0.05) is 22.2 Å². The van der Waals surface area contributed by atoms with E-state index in [2.05, 4.69) is 15.9 Å². The summed E-state index contributed by atoms with van der Waals surface area (Å²) < 4.78 is 26.9. The van der Waals surface area contributed by atoms with Crippen LogP contribution >= 0.6 is 15.9 Å². The average Bonchev–Trinajstić information content (AvgIpc) is 2.29. The Morgan fingerprint density at radius 2 is 1.72 bits per heavy atom. The monoisotopic (exact) mass is 313 g/mol. The lowest BCUT2D eigenvalue weighted by molar-refractivity contribution is -0.384. The second kappa shape index (κ2) is 4.81. The Morgan fingerprint density at radius 1 is 1.06 bits per heavy atom. The predicted octanol–water partition coefficient (Wildman–Crippen LogP) is 4.30. The molecule has 0 aromatic heterocycles. The van der Waals surface area contributed by atoms with Crippen molar-refractivity contribution >= 4 is 21.6 Å². The lowest BCUT2D eigenvalue weighted by atomic mass is 10.0. The second-order valence-corrected chi connectivity index (χ2v) is 4.46. The number of benzene rings is 2. The molecule has 2 rings (SSSR count). The maximum Gasteiger partial charge on any atom is 0.278 e. The summed E-state index contributed by atoms with van der Waals surface area (Å²) in [7, 11) is 0. The van der Waals surface area contributed by atoms with E-state index >= 15 is 0 Å². The average molecular weight is 314 g/mol. The molecule has 0 aliphatic carbocycles. The molecule has 0 N–H and O–H groups in total. The fourth-order valence-electron chi connectivity index (χ4n) is 1.59. The van der Waals surface area contributed by atoms with Gasteiger partial charge in [-0.3, -0.25) is 10.1 Å². The zero-order valence-electron chi connectivity index (χ0n) is 8.86. The van der Waals surface area contributed by atoms with E-state index in [1.807, 2.05) is 0 Å². The molecule has 0 saturated carbocycles. The smallest absolute Gasteiger partial charge is 0.258 e. The van der Waals surface area contributed by atoms with E-state index in [4.69, 9.17) is 0 Å². The maximum atomic E-state index is 13.6. The van der Waals surface area contributed by atoms with Gasteiger partial charge in [-0.2, -0.15) is 0 Å². The summed E-state index contributed by atoms with van der Waals surface area (Å²) >= 11 is 3.11. The molecule has 0 radical (unpaired) electrons. The number of hydrogen-bond acceptors (Lipinski definition) is 2. The van der Waals surface area contributed by atoms with Crippen molar-refractivity contribution in [2.45, 2.75) is 0 Å². The van der Waals surface area contributed by atoms with Crippen LogP contribution in [0.5, 0.6) is 0 Å². The molecule has 0 spiro atoms. The summed E-state index contributed by atoms with van der Waals surface area (Å²) in [4.78, 5) is 10.3. The Morgan fingerprint density at radius 3 is 2.33 bits per heavy atom. The first kappa shape index (κ1) is 12.6. The van der Waals surface area contributed by atoms with Crippen molar-refractivity contribution < 1.29 is 13.7 Å². The molecular formula is C12H6BrF2NO2. The van der Waals surface area contributed by atoms with Gasteiger partial charge in [0.2, 0.25) is 0 Å². The zero-order valence-corrected chi connectivity index (χ0v) is 10.4. The third-order valence-electron chi connectivity index (χ3n) is 2.38. The Kier molecular flexibility index (Phi) is 3.38. The van der Waals surface area contributed by atoms with Crippen LogP contribution in [0.4, 0.5) is 14.5 Å². The fraction of sp³-hybridized carbons (Fsp3) is 0. The number of rotatable bonds is 2. The minimum Gasteiger partial charge on any atom is -0.258 e. The van der Waals surface area contributed by atoms with Crippen LogP contribution in [0.15, 0.2) is 40.9 Å². The predicted molar refractivity (Wildman–Crippen MR) is 66.1 cm³/mol. The van der Waals surface area contributed by atoms with E-state index in [0.717, 1.165) is 6.07 Å². The number of nitro groups is 1. The molecule has 0 aliphatic heterocycles. The van der Waals surface area contributed by atoms with Gasteiger partial charge >= 0.3 is 0 Å². The van der Waals surface area contributed by atoms with Crippen LogP contribution in [0.1, 0.15) is 0 Å². The van der Waals surface area contributed by atoms with Crippen LogP contribution in [0, 0.1) is 21.7 Å². The lowest BCUT2D eigenvalue weighted by Crippen LogP contribution is -1.94. The standard InChI is InChI=1S/C12H6BrF2NO2/c13-7-1-3-10(12(5-7)16(17)18)9-4-2-8(14)6-11(9)15/h1-6H. The van der Waals surface area contributed by atoms with Crippen LogP contribution in [-0.2, 0) is 0 Å². The van der Waals surface area contributed by atoms with Crippen molar-refractivity contribution in [2.24, 2.45) is 0 Å². The van der Waals surface area contributed by atoms with Crippen molar-refractivity contribution in [1.29, 1.82) is 0 Å². The normalized spacial score (nSPS) is 10.4. The molecule has 0 aliphatic rings. The van der Waals surface area contributed by atoms with Crippen molar-refractivity contribution in [3.63, 3.8) is 0 Å². The quantitative estimate of drug-likeness (QED) is 0.612. The van der Waals surface area contributed by atoms with Gasteiger partial charge in [0.05, 0.1) is 10.5 Å². The largest absolute Gasteiger partial charge is 0.278 e. The van der Waals surface area contributed by atoms with Gasteiger partial charge in [0.25, 0.3) is 5.69 Å². The summed E-state index contributed by atoms with van der Waals surface area (Å²) in [6.07, 6.45) is 0. The molecule has 2 aromatic rings. The highest BCUT2D eigenvalue weighted by Crippen LogP contribution is 2.33. The molecule has 18 heavy (non-hydrogen) atoms. The Hall–Kier alpha value is -1.82. The first-order valence-electron chi connectivity index (χ1n) is 4.88. The molecule has 2 aromatic carbocycles. The molecule has 0 amide bonds. The summed E-state index contributed by atoms with van der Waals surface area (Å²) in [5.41, 5.74) is -0.133. The summed E-state index contributed by atoms with van der Waals surface area (Å²) in [6, 6.07) is 7.19. The topological polar surface area (TPSA) is 43.1 Å². The number of nitro benzene ring substituents is 1. The van der Waals surface area contributed by atoms with Crippen LogP contribution < -0.4 is 0 Å². The number of halogens is 3. The third-order valence-corrected chi connectivity index (χ3v) is 2.87. The van der Waals surface area contributed by atoms with Gasteiger partial charge in [0.1, 0.15) is 11.6 Å². The molecule has 6 heteroatoms. The summed E-state index contributed by atoms with van der Waals surface area (Å²) in [5.74, 6) is -1.56. The van der Waals surface area contributed by atoms with Crippen LogP contribution in [-0.4, -0.2) is 4.92 Å². The zero-order chi connectivity index (χ0) is 13.3.